The third kappa shape index (κ3) is 6.05. The van der Waals surface area contributed by atoms with Gasteiger partial charge in [0.2, 0.25) is 0 Å². The monoisotopic (exact) mass is 413 g/mol. The summed E-state index contributed by atoms with van der Waals surface area (Å²) in [6, 6.07) is 10.0. The Morgan fingerprint density at radius 2 is 2.05 bits per heavy atom. The van der Waals surface area contributed by atoms with Crippen molar-refractivity contribution in [3.63, 3.8) is 0 Å². The molecule has 0 aliphatic heterocycles. The molecule has 0 bridgehead atoms. The highest BCUT2D eigenvalue weighted by molar-refractivity contribution is 14.0. The van der Waals surface area contributed by atoms with E-state index < -0.39 is 0 Å². The fourth-order valence-corrected chi connectivity index (χ4v) is 1.88. The quantitative estimate of drug-likeness (QED) is 0.435. The average Bonchev–Trinajstić information content (AvgIpc) is 2.94. The SMILES string of the molecule is CC(C)CCNC(N)=NCc1cnn(-c2ccccc2)c1.I. The Hall–Kier alpha value is -1.57. The van der Waals surface area contributed by atoms with Gasteiger partial charge >= 0.3 is 0 Å². The van der Waals surface area contributed by atoms with Crippen LogP contribution in [0.25, 0.3) is 5.69 Å². The Morgan fingerprint density at radius 3 is 2.73 bits per heavy atom. The Kier molecular flexibility index (Phi) is 7.94. The van der Waals surface area contributed by atoms with Gasteiger partial charge in [0.1, 0.15) is 0 Å². The summed E-state index contributed by atoms with van der Waals surface area (Å²) in [6.45, 7) is 5.77. The minimum atomic E-state index is 0. The van der Waals surface area contributed by atoms with Crippen molar-refractivity contribution in [3.05, 3.63) is 48.3 Å². The summed E-state index contributed by atoms with van der Waals surface area (Å²) in [5, 5.41) is 7.46. The lowest BCUT2D eigenvalue weighted by Crippen LogP contribution is -2.32. The lowest BCUT2D eigenvalue weighted by atomic mass is 10.1. The third-order valence-corrected chi connectivity index (χ3v) is 3.12. The summed E-state index contributed by atoms with van der Waals surface area (Å²) < 4.78 is 1.84. The first-order valence-corrected chi connectivity index (χ1v) is 7.28. The Balaban J connectivity index is 0.00000242. The normalized spacial score (nSPS) is 11.3. The fourth-order valence-electron chi connectivity index (χ4n) is 1.88. The van der Waals surface area contributed by atoms with Crippen LogP contribution in [0.4, 0.5) is 0 Å². The number of aromatic nitrogens is 2. The molecule has 22 heavy (non-hydrogen) atoms. The number of nitrogens with two attached hydrogens (primary N) is 1. The zero-order valence-electron chi connectivity index (χ0n) is 13.1. The predicted molar refractivity (Wildman–Crippen MR) is 102 cm³/mol. The Labute approximate surface area is 149 Å². The second-order valence-corrected chi connectivity index (χ2v) is 5.44. The van der Waals surface area contributed by atoms with E-state index in [0.29, 0.717) is 18.4 Å². The summed E-state index contributed by atoms with van der Waals surface area (Å²) in [5.41, 5.74) is 7.91. The predicted octanol–water partition coefficient (Wildman–Crippen LogP) is 2.94. The van der Waals surface area contributed by atoms with Crippen LogP contribution in [0.5, 0.6) is 0 Å². The highest BCUT2D eigenvalue weighted by Crippen LogP contribution is 2.08. The van der Waals surface area contributed by atoms with E-state index >= 15 is 0 Å². The van der Waals surface area contributed by atoms with Crippen LogP contribution in [-0.4, -0.2) is 22.3 Å². The molecule has 0 spiro atoms. The molecule has 0 saturated heterocycles. The van der Waals surface area contributed by atoms with Crippen molar-refractivity contribution in [1.29, 1.82) is 0 Å². The molecule has 0 amide bonds. The van der Waals surface area contributed by atoms with Gasteiger partial charge < -0.3 is 11.1 Å². The molecule has 1 aromatic heterocycles. The number of para-hydroxylation sites is 1. The van der Waals surface area contributed by atoms with E-state index in [1.54, 1.807) is 0 Å². The number of aliphatic imine (C=N–C) groups is 1. The summed E-state index contributed by atoms with van der Waals surface area (Å²) in [4.78, 5) is 4.33. The van der Waals surface area contributed by atoms with E-state index in [1.165, 1.54) is 0 Å². The Morgan fingerprint density at radius 1 is 1.32 bits per heavy atom. The molecule has 0 fully saturated rings. The first kappa shape index (κ1) is 18.5. The van der Waals surface area contributed by atoms with Crippen molar-refractivity contribution in [2.45, 2.75) is 26.8 Å². The van der Waals surface area contributed by atoms with Gasteiger partial charge in [0.25, 0.3) is 0 Å². The number of rotatable bonds is 6. The van der Waals surface area contributed by atoms with Gasteiger partial charge in [0.05, 0.1) is 18.4 Å². The number of hydrogen-bond donors (Lipinski definition) is 2. The zero-order valence-corrected chi connectivity index (χ0v) is 15.4. The van der Waals surface area contributed by atoms with Crippen LogP contribution in [0.2, 0.25) is 0 Å². The van der Waals surface area contributed by atoms with Crippen LogP contribution in [0.15, 0.2) is 47.7 Å². The van der Waals surface area contributed by atoms with Crippen molar-refractivity contribution >= 4 is 29.9 Å². The largest absolute Gasteiger partial charge is 0.370 e. The van der Waals surface area contributed by atoms with Gasteiger partial charge in [-0.1, -0.05) is 32.0 Å². The van der Waals surface area contributed by atoms with E-state index in [-0.39, 0.29) is 24.0 Å². The van der Waals surface area contributed by atoms with Crippen molar-refractivity contribution in [1.82, 2.24) is 15.1 Å². The van der Waals surface area contributed by atoms with Crippen LogP contribution in [0.3, 0.4) is 0 Å². The number of benzene rings is 1. The second-order valence-electron chi connectivity index (χ2n) is 5.44. The summed E-state index contributed by atoms with van der Waals surface area (Å²) in [5.74, 6) is 1.15. The van der Waals surface area contributed by atoms with Gasteiger partial charge in [-0.05, 0) is 24.5 Å². The maximum Gasteiger partial charge on any atom is 0.188 e. The molecule has 2 aromatic rings. The summed E-state index contributed by atoms with van der Waals surface area (Å²) in [7, 11) is 0. The van der Waals surface area contributed by atoms with Gasteiger partial charge in [0.15, 0.2) is 5.96 Å². The van der Waals surface area contributed by atoms with Gasteiger partial charge in [-0.25, -0.2) is 9.67 Å². The average molecular weight is 413 g/mol. The second kappa shape index (κ2) is 9.45. The topological polar surface area (TPSA) is 68.2 Å². The maximum atomic E-state index is 5.84. The molecule has 0 atom stereocenters. The smallest absolute Gasteiger partial charge is 0.188 e. The lowest BCUT2D eigenvalue weighted by molar-refractivity contribution is 0.576. The first-order chi connectivity index (χ1) is 10.1. The number of guanidine groups is 1. The highest BCUT2D eigenvalue weighted by atomic mass is 127. The van der Waals surface area contributed by atoms with Crippen LogP contribution in [0.1, 0.15) is 25.8 Å². The zero-order chi connectivity index (χ0) is 15.1. The number of halogens is 1. The van der Waals surface area contributed by atoms with Crippen molar-refractivity contribution in [3.8, 4) is 5.69 Å². The first-order valence-electron chi connectivity index (χ1n) is 7.28. The van der Waals surface area contributed by atoms with Crippen molar-refractivity contribution in [2.75, 3.05) is 6.54 Å². The molecular weight excluding hydrogens is 389 g/mol. The molecule has 2 rings (SSSR count). The fraction of sp³-hybridized carbons (Fsp3) is 0.375. The summed E-state index contributed by atoms with van der Waals surface area (Å²) >= 11 is 0. The van der Waals surface area contributed by atoms with Crippen molar-refractivity contribution in [2.24, 2.45) is 16.6 Å². The van der Waals surface area contributed by atoms with E-state index in [1.807, 2.05) is 47.4 Å². The van der Waals surface area contributed by atoms with Crippen LogP contribution in [-0.2, 0) is 6.54 Å². The molecule has 120 valence electrons. The van der Waals surface area contributed by atoms with Crippen LogP contribution >= 0.6 is 24.0 Å². The molecule has 5 nitrogen and oxygen atoms in total. The van der Waals surface area contributed by atoms with Crippen LogP contribution in [0, 0.1) is 5.92 Å². The number of nitrogens with zero attached hydrogens (tertiary/aromatic N) is 3. The molecule has 1 heterocycles. The molecule has 0 aliphatic carbocycles. The molecule has 3 N–H and O–H groups in total. The Bertz CT molecular complexity index is 577. The minimum absolute atomic E-state index is 0. The van der Waals surface area contributed by atoms with Gasteiger partial charge in [0, 0.05) is 18.3 Å². The van der Waals surface area contributed by atoms with E-state index in [2.05, 4.69) is 29.3 Å². The lowest BCUT2D eigenvalue weighted by Gasteiger charge is -2.07. The molecule has 0 radical (unpaired) electrons. The maximum absolute atomic E-state index is 5.84. The van der Waals surface area contributed by atoms with Crippen molar-refractivity contribution < 1.29 is 0 Å². The molecular formula is C16H24IN5. The molecule has 6 heteroatoms. The van der Waals surface area contributed by atoms with Crippen LogP contribution < -0.4 is 11.1 Å². The van der Waals surface area contributed by atoms with E-state index in [9.17, 15) is 0 Å². The third-order valence-electron chi connectivity index (χ3n) is 3.12. The number of hydrogen-bond acceptors (Lipinski definition) is 2. The van der Waals surface area contributed by atoms with E-state index in [4.69, 9.17) is 5.73 Å². The molecule has 1 aromatic carbocycles. The highest BCUT2D eigenvalue weighted by Gasteiger charge is 2.00. The van der Waals surface area contributed by atoms with Gasteiger partial charge in [-0.2, -0.15) is 5.10 Å². The minimum Gasteiger partial charge on any atom is -0.370 e. The van der Waals surface area contributed by atoms with Gasteiger partial charge in [-0.3, -0.25) is 0 Å². The molecule has 0 unspecified atom stereocenters. The number of nitrogens with one attached hydrogen (secondary N) is 1. The summed E-state index contributed by atoms with van der Waals surface area (Å²) in [6.07, 6.45) is 4.88. The standard InChI is InChI=1S/C16H23N5.HI/c1-13(2)8-9-18-16(17)19-10-14-11-20-21(12-14)15-6-4-3-5-7-15;/h3-7,11-13H,8-10H2,1-2H3,(H3,17,18,19);1H. The van der Waals surface area contributed by atoms with E-state index in [0.717, 1.165) is 24.2 Å². The molecule has 0 aliphatic rings. The molecule has 0 saturated carbocycles. The van der Waals surface area contributed by atoms with Gasteiger partial charge in [-0.15, -0.1) is 24.0 Å².